The number of Topliss-reactive ketones (excluding diaryl/α,β-unsaturated/α-hetero) is 1. The smallest absolute Gasteiger partial charge is 0.408 e. The Morgan fingerprint density at radius 1 is 1.47 bits per heavy atom. The standard InChI is InChI=1S/C11H19NO3/c1-6-7-9(13)8(2)12(10(14)15)11(3,4)5/h6,8H,1,7H2,2-5H3,(H,14,15)/t8-/m0/s1. The minimum atomic E-state index is -1.08. The lowest BCUT2D eigenvalue weighted by Crippen LogP contribution is -2.52. The largest absolute Gasteiger partial charge is 0.465 e. The van der Waals surface area contributed by atoms with Gasteiger partial charge in [0, 0.05) is 12.0 Å². The van der Waals surface area contributed by atoms with Crippen molar-refractivity contribution in [3.63, 3.8) is 0 Å². The van der Waals surface area contributed by atoms with Gasteiger partial charge < -0.3 is 5.11 Å². The monoisotopic (exact) mass is 213 g/mol. The molecule has 0 aliphatic rings. The Labute approximate surface area is 90.6 Å². The molecule has 0 saturated carbocycles. The van der Waals surface area contributed by atoms with E-state index in [1.807, 2.05) is 0 Å². The second kappa shape index (κ2) is 4.96. The van der Waals surface area contributed by atoms with Crippen molar-refractivity contribution in [1.29, 1.82) is 0 Å². The second-order valence-electron chi connectivity index (χ2n) is 4.46. The summed E-state index contributed by atoms with van der Waals surface area (Å²) < 4.78 is 0. The molecule has 0 aromatic rings. The first-order chi connectivity index (χ1) is 6.71. The van der Waals surface area contributed by atoms with Crippen LogP contribution in [0.3, 0.4) is 0 Å². The van der Waals surface area contributed by atoms with Crippen molar-refractivity contribution in [1.82, 2.24) is 4.90 Å². The van der Waals surface area contributed by atoms with Crippen molar-refractivity contribution in [3.8, 4) is 0 Å². The van der Waals surface area contributed by atoms with E-state index < -0.39 is 17.7 Å². The molecule has 0 heterocycles. The van der Waals surface area contributed by atoms with E-state index in [0.29, 0.717) is 0 Å². The predicted molar refractivity (Wildman–Crippen MR) is 58.9 cm³/mol. The van der Waals surface area contributed by atoms with Crippen LogP contribution in [0, 0.1) is 0 Å². The normalized spacial score (nSPS) is 13.1. The number of hydrogen-bond acceptors (Lipinski definition) is 2. The molecule has 0 unspecified atom stereocenters. The van der Waals surface area contributed by atoms with Crippen LogP contribution in [0.15, 0.2) is 12.7 Å². The van der Waals surface area contributed by atoms with Gasteiger partial charge in [-0.05, 0) is 27.7 Å². The summed E-state index contributed by atoms with van der Waals surface area (Å²) in [5, 5.41) is 9.04. The average Bonchev–Trinajstić information content (AvgIpc) is 2.00. The fraction of sp³-hybridized carbons (Fsp3) is 0.636. The maximum absolute atomic E-state index is 11.6. The topological polar surface area (TPSA) is 57.6 Å². The first-order valence-corrected chi connectivity index (χ1v) is 4.87. The van der Waals surface area contributed by atoms with Crippen molar-refractivity contribution in [3.05, 3.63) is 12.7 Å². The number of allylic oxidation sites excluding steroid dienone is 1. The van der Waals surface area contributed by atoms with Gasteiger partial charge in [-0.2, -0.15) is 0 Å². The van der Waals surface area contributed by atoms with Gasteiger partial charge in [0.2, 0.25) is 0 Å². The van der Waals surface area contributed by atoms with Crippen LogP contribution >= 0.6 is 0 Å². The molecule has 4 nitrogen and oxygen atoms in total. The minimum absolute atomic E-state index is 0.137. The SMILES string of the molecule is C=CCC(=O)[C@H](C)N(C(=O)O)C(C)(C)C. The molecule has 1 amide bonds. The first kappa shape index (κ1) is 13.7. The fourth-order valence-corrected chi connectivity index (χ4v) is 1.49. The number of rotatable bonds is 4. The Hall–Kier alpha value is -1.32. The Morgan fingerprint density at radius 2 is 1.93 bits per heavy atom. The van der Waals surface area contributed by atoms with Crippen LogP contribution in [0.5, 0.6) is 0 Å². The van der Waals surface area contributed by atoms with E-state index in [2.05, 4.69) is 6.58 Å². The number of carbonyl (C=O) groups is 2. The number of ketones is 1. The second-order valence-corrected chi connectivity index (χ2v) is 4.46. The van der Waals surface area contributed by atoms with Gasteiger partial charge in [-0.1, -0.05) is 6.08 Å². The molecule has 0 aromatic heterocycles. The highest BCUT2D eigenvalue weighted by Gasteiger charge is 2.33. The van der Waals surface area contributed by atoms with Crippen molar-refractivity contribution in [2.24, 2.45) is 0 Å². The van der Waals surface area contributed by atoms with E-state index in [9.17, 15) is 9.59 Å². The van der Waals surface area contributed by atoms with E-state index in [1.54, 1.807) is 27.7 Å². The molecular weight excluding hydrogens is 194 g/mol. The van der Waals surface area contributed by atoms with Crippen LogP contribution in [-0.4, -0.2) is 33.5 Å². The molecule has 4 heteroatoms. The highest BCUT2D eigenvalue weighted by atomic mass is 16.4. The first-order valence-electron chi connectivity index (χ1n) is 4.87. The summed E-state index contributed by atoms with van der Waals surface area (Å²) in [4.78, 5) is 23.8. The van der Waals surface area contributed by atoms with Gasteiger partial charge in [-0.15, -0.1) is 6.58 Å². The fourth-order valence-electron chi connectivity index (χ4n) is 1.49. The Morgan fingerprint density at radius 3 is 2.20 bits per heavy atom. The lowest BCUT2D eigenvalue weighted by molar-refractivity contribution is -0.123. The van der Waals surface area contributed by atoms with Crippen LogP contribution in [-0.2, 0) is 4.79 Å². The van der Waals surface area contributed by atoms with E-state index in [4.69, 9.17) is 5.11 Å². The molecule has 0 spiro atoms. The summed E-state index contributed by atoms with van der Waals surface area (Å²) in [6, 6.07) is -0.638. The maximum atomic E-state index is 11.6. The molecule has 0 rings (SSSR count). The van der Waals surface area contributed by atoms with E-state index >= 15 is 0 Å². The average molecular weight is 213 g/mol. The molecule has 0 fully saturated rings. The molecule has 0 saturated heterocycles. The van der Waals surface area contributed by atoms with Crippen LogP contribution < -0.4 is 0 Å². The van der Waals surface area contributed by atoms with E-state index in [-0.39, 0.29) is 12.2 Å². The third-order valence-electron chi connectivity index (χ3n) is 2.13. The third-order valence-corrected chi connectivity index (χ3v) is 2.13. The molecule has 86 valence electrons. The number of carboxylic acid groups (broad SMARTS) is 1. The lowest BCUT2D eigenvalue weighted by atomic mass is 10.0. The highest BCUT2D eigenvalue weighted by Crippen LogP contribution is 2.18. The lowest BCUT2D eigenvalue weighted by Gasteiger charge is -2.37. The van der Waals surface area contributed by atoms with Crippen LogP contribution in [0.2, 0.25) is 0 Å². The summed E-state index contributed by atoms with van der Waals surface area (Å²) >= 11 is 0. The summed E-state index contributed by atoms with van der Waals surface area (Å²) in [7, 11) is 0. The Kier molecular flexibility index (Phi) is 4.52. The van der Waals surface area contributed by atoms with Crippen LogP contribution in [0.25, 0.3) is 0 Å². The van der Waals surface area contributed by atoms with Gasteiger partial charge in [0.05, 0.1) is 6.04 Å². The Bertz CT molecular complexity index is 265. The van der Waals surface area contributed by atoms with Gasteiger partial charge in [0.25, 0.3) is 0 Å². The molecule has 0 aliphatic heterocycles. The third kappa shape index (κ3) is 3.73. The molecule has 0 bridgehead atoms. The van der Waals surface area contributed by atoms with Crippen molar-refractivity contribution < 1.29 is 14.7 Å². The molecule has 0 aromatic carbocycles. The molecule has 15 heavy (non-hydrogen) atoms. The van der Waals surface area contributed by atoms with Gasteiger partial charge in [0.1, 0.15) is 0 Å². The highest BCUT2D eigenvalue weighted by molar-refractivity contribution is 5.87. The van der Waals surface area contributed by atoms with E-state index in [0.717, 1.165) is 0 Å². The number of carbonyl (C=O) groups excluding carboxylic acids is 1. The predicted octanol–water partition coefficient (Wildman–Crippen LogP) is 2.30. The zero-order chi connectivity index (χ0) is 12.2. The number of amides is 1. The van der Waals surface area contributed by atoms with Crippen molar-refractivity contribution in [2.75, 3.05) is 0 Å². The van der Waals surface area contributed by atoms with Gasteiger partial charge in [-0.3, -0.25) is 9.69 Å². The summed E-state index contributed by atoms with van der Waals surface area (Å²) in [6.07, 6.45) is 0.607. The van der Waals surface area contributed by atoms with Crippen molar-refractivity contribution >= 4 is 11.9 Å². The molecule has 1 atom stereocenters. The van der Waals surface area contributed by atoms with Gasteiger partial charge in [0.15, 0.2) is 5.78 Å². The van der Waals surface area contributed by atoms with Gasteiger partial charge in [-0.25, -0.2) is 4.79 Å². The molecule has 1 N–H and O–H groups in total. The maximum Gasteiger partial charge on any atom is 0.408 e. The number of nitrogens with zero attached hydrogens (tertiary/aromatic N) is 1. The summed E-state index contributed by atoms with van der Waals surface area (Å²) in [5.41, 5.74) is -0.581. The number of hydrogen-bond donors (Lipinski definition) is 1. The van der Waals surface area contributed by atoms with E-state index in [1.165, 1.54) is 11.0 Å². The molecular formula is C11H19NO3. The molecule has 0 radical (unpaired) electrons. The van der Waals surface area contributed by atoms with Crippen LogP contribution in [0.1, 0.15) is 34.1 Å². The van der Waals surface area contributed by atoms with Crippen molar-refractivity contribution in [2.45, 2.75) is 45.7 Å². The Balaban J connectivity index is 4.86. The summed E-state index contributed by atoms with van der Waals surface area (Å²) in [6.45, 7) is 10.4. The summed E-state index contributed by atoms with van der Waals surface area (Å²) in [5.74, 6) is -0.137. The quantitative estimate of drug-likeness (QED) is 0.729. The minimum Gasteiger partial charge on any atom is -0.465 e. The van der Waals surface area contributed by atoms with Gasteiger partial charge >= 0.3 is 6.09 Å². The van der Waals surface area contributed by atoms with Crippen LogP contribution in [0.4, 0.5) is 4.79 Å². The zero-order valence-corrected chi connectivity index (χ0v) is 9.78. The zero-order valence-electron chi connectivity index (χ0n) is 9.78. The molecule has 0 aliphatic carbocycles.